The number of piperidine rings is 1. The Balaban J connectivity index is 1.52. The van der Waals surface area contributed by atoms with Crippen molar-refractivity contribution < 1.29 is 9.90 Å². The zero-order chi connectivity index (χ0) is 17.0. The van der Waals surface area contributed by atoms with Crippen LogP contribution in [0.4, 0.5) is 0 Å². The van der Waals surface area contributed by atoms with Gasteiger partial charge in [-0.15, -0.1) is 0 Å². The summed E-state index contributed by atoms with van der Waals surface area (Å²) in [5.41, 5.74) is 0.906. The maximum Gasteiger partial charge on any atom is 0.164 e. The molecule has 0 aliphatic carbocycles. The first-order valence-corrected chi connectivity index (χ1v) is 8.74. The van der Waals surface area contributed by atoms with E-state index in [1.807, 2.05) is 54.6 Å². The summed E-state index contributed by atoms with van der Waals surface area (Å²) in [5, 5.41) is 11.5. The van der Waals surface area contributed by atoms with Crippen LogP contribution in [0.3, 0.4) is 0 Å². The molecular formula is C20H22ClNO2. The van der Waals surface area contributed by atoms with Crippen molar-refractivity contribution in [1.82, 2.24) is 4.90 Å². The molecule has 4 heteroatoms. The normalized spacial score (nSPS) is 17.6. The smallest absolute Gasteiger partial charge is 0.164 e. The molecule has 3 nitrogen and oxygen atoms in total. The molecule has 126 valence electrons. The molecule has 1 aliphatic rings. The fraction of sp³-hybridized carbons (Fsp3) is 0.350. The van der Waals surface area contributed by atoms with Crippen LogP contribution in [-0.4, -0.2) is 35.4 Å². The van der Waals surface area contributed by atoms with Crippen molar-refractivity contribution in [2.75, 3.05) is 19.6 Å². The maximum atomic E-state index is 12.2. The van der Waals surface area contributed by atoms with Gasteiger partial charge in [-0.05, 0) is 30.5 Å². The number of aliphatic hydroxyl groups is 1. The average molecular weight is 344 g/mol. The summed E-state index contributed by atoms with van der Waals surface area (Å²) in [4.78, 5) is 14.4. The van der Waals surface area contributed by atoms with E-state index in [2.05, 4.69) is 4.90 Å². The fourth-order valence-corrected chi connectivity index (χ4v) is 3.35. The van der Waals surface area contributed by atoms with Gasteiger partial charge >= 0.3 is 0 Å². The van der Waals surface area contributed by atoms with Crippen molar-refractivity contribution >= 4 is 17.4 Å². The number of carbonyl (C=O) groups is 1. The van der Waals surface area contributed by atoms with Gasteiger partial charge in [0, 0.05) is 36.6 Å². The number of rotatable bonds is 5. The van der Waals surface area contributed by atoms with Gasteiger partial charge in [-0.3, -0.25) is 4.79 Å². The Bertz CT molecular complexity index is 677. The lowest BCUT2D eigenvalue weighted by molar-refractivity contribution is -0.0256. The quantitative estimate of drug-likeness (QED) is 0.837. The first kappa shape index (κ1) is 17.2. The van der Waals surface area contributed by atoms with E-state index in [0.717, 1.165) is 30.8 Å². The van der Waals surface area contributed by atoms with Crippen LogP contribution in [-0.2, 0) is 5.60 Å². The van der Waals surface area contributed by atoms with Gasteiger partial charge in [0.05, 0.1) is 5.60 Å². The van der Waals surface area contributed by atoms with Crippen molar-refractivity contribution in [1.29, 1.82) is 0 Å². The molecule has 3 rings (SSSR count). The second-order valence-electron chi connectivity index (χ2n) is 6.42. The molecule has 2 aromatic carbocycles. The average Bonchev–Trinajstić information content (AvgIpc) is 2.62. The number of nitrogens with zero attached hydrogens (tertiary/aromatic N) is 1. The highest BCUT2D eigenvalue weighted by molar-refractivity contribution is 6.30. The van der Waals surface area contributed by atoms with Crippen LogP contribution in [0.25, 0.3) is 0 Å². The summed E-state index contributed by atoms with van der Waals surface area (Å²) >= 11 is 5.92. The van der Waals surface area contributed by atoms with Crippen LogP contribution in [0.5, 0.6) is 0 Å². The van der Waals surface area contributed by atoms with Crippen molar-refractivity contribution in [2.45, 2.75) is 24.9 Å². The highest BCUT2D eigenvalue weighted by Gasteiger charge is 2.33. The molecule has 0 amide bonds. The van der Waals surface area contributed by atoms with Crippen LogP contribution in [0, 0.1) is 0 Å². The van der Waals surface area contributed by atoms with Gasteiger partial charge in [0.15, 0.2) is 5.78 Å². The number of halogens is 1. The van der Waals surface area contributed by atoms with Crippen LogP contribution in [0.2, 0.25) is 5.02 Å². The van der Waals surface area contributed by atoms with E-state index >= 15 is 0 Å². The molecule has 0 bridgehead atoms. The number of hydrogen-bond acceptors (Lipinski definition) is 3. The summed E-state index contributed by atoms with van der Waals surface area (Å²) < 4.78 is 0. The van der Waals surface area contributed by atoms with Gasteiger partial charge in [0.25, 0.3) is 0 Å². The van der Waals surface area contributed by atoms with Crippen LogP contribution >= 0.6 is 11.6 Å². The molecule has 0 aromatic heterocycles. The second-order valence-corrected chi connectivity index (χ2v) is 6.86. The lowest BCUT2D eigenvalue weighted by Crippen LogP contribution is -2.43. The molecule has 0 saturated carbocycles. The number of carbonyl (C=O) groups excluding carboxylic acids is 1. The molecule has 1 fully saturated rings. The Kier molecular flexibility index (Phi) is 5.34. The Morgan fingerprint density at radius 1 is 1.04 bits per heavy atom. The van der Waals surface area contributed by atoms with E-state index in [9.17, 15) is 9.90 Å². The third-order valence-corrected chi connectivity index (χ3v) is 5.07. The van der Waals surface area contributed by atoms with E-state index in [-0.39, 0.29) is 5.78 Å². The lowest BCUT2D eigenvalue weighted by atomic mass is 9.84. The zero-order valence-corrected chi connectivity index (χ0v) is 14.4. The molecule has 0 unspecified atom stereocenters. The van der Waals surface area contributed by atoms with Gasteiger partial charge in [-0.2, -0.15) is 0 Å². The highest BCUT2D eigenvalue weighted by atomic mass is 35.5. The first-order valence-electron chi connectivity index (χ1n) is 8.36. The van der Waals surface area contributed by atoms with Gasteiger partial charge < -0.3 is 10.0 Å². The SMILES string of the molecule is O=C(CCN1CCC(O)(c2ccc(Cl)cc2)CC1)c1ccccc1. The van der Waals surface area contributed by atoms with Crippen molar-refractivity contribution in [3.63, 3.8) is 0 Å². The predicted octanol–water partition coefficient (Wildman–Crippen LogP) is 3.90. The molecule has 1 saturated heterocycles. The molecule has 0 radical (unpaired) electrons. The largest absolute Gasteiger partial charge is 0.385 e. The maximum absolute atomic E-state index is 12.2. The number of benzene rings is 2. The van der Waals surface area contributed by atoms with Gasteiger partial charge in [0.1, 0.15) is 0 Å². The summed E-state index contributed by atoms with van der Waals surface area (Å²) in [6, 6.07) is 16.8. The van der Waals surface area contributed by atoms with Crippen molar-refractivity contribution in [2.24, 2.45) is 0 Å². The van der Waals surface area contributed by atoms with Crippen LogP contribution < -0.4 is 0 Å². The molecule has 24 heavy (non-hydrogen) atoms. The van der Waals surface area contributed by atoms with Crippen molar-refractivity contribution in [3.8, 4) is 0 Å². The molecule has 2 aromatic rings. The highest BCUT2D eigenvalue weighted by Crippen LogP contribution is 2.33. The Labute approximate surface area is 147 Å². The molecular weight excluding hydrogens is 322 g/mol. The van der Waals surface area contributed by atoms with E-state index in [4.69, 9.17) is 11.6 Å². The second kappa shape index (κ2) is 7.47. The van der Waals surface area contributed by atoms with Crippen molar-refractivity contribution in [3.05, 3.63) is 70.7 Å². The number of Topliss-reactive ketones (excluding diaryl/α,β-unsaturated/α-hetero) is 1. The summed E-state index contributed by atoms with van der Waals surface area (Å²) in [6.07, 6.45) is 1.87. The predicted molar refractivity (Wildman–Crippen MR) is 96.4 cm³/mol. The van der Waals surface area contributed by atoms with Crippen LogP contribution in [0.15, 0.2) is 54.6 Å². The first-order chi connectivity index (χ1) is 11.6. The minimum absolute atomic E-state index is 0.175. The van der Waals surface area contributed by atoms with E-state index in [1.54, 1.807) is 0 Å². The number of ketones is 1. The third-order valence-electron chi connectivity index (χ3n) is 4.82. The molecule has 1 aliphatic heterocycles. The Morgan fingerprint density at radius 2 is 1.67 bits per heavy atom. The summed E-state index contributed by atoms with van der Waals surface area (Å²) in [5.74, 6) is 0.175. The van der Waals surface area contributed by atoms with E-state index in [0.29, 0.717) is 24.3 Å². The lowest BCUT2D eigenvalue weighted by Gasteiger charge is -2.38. The molecule has 0 atom stereocenters. The minimum Gasteiger partial charge on any atom is -0.385 e. The summed E-state index contributed by atoms with van der Waals surface area (Å²) in [7, 11) is 0. The molecule has 1 N–H and O–H groups in total. The molecule has 0 spiro atoms. The summed E-state index contributed by atoms with van der Waals surface area (Å²) in [6.45, 7) is 2.33. The van der Waals surface area contributed by atoms with E-state index in [1.165, 1.54) is 0 Å². The number of likely N-dealkylation sites (tertiary alicyclic amines) is 1. The number of hydrogen-bond donors (Lipinski definition) is 1. The third kappa shape index (κ3) is 4.04. The van der Waals surface area contributed by atoms with Gasteiger partial charge in [-0.25, -0.2) is 0 Å². The van der Waals surface area contributed by atoms with E-state index < -0.39 is 5.60 Å². The zero-order valence-electron chi connectivity index (χ0n) is 13.6. The van der Waals surface area contributed by atoms with Gasteiger partial charge in [-0.1, -0.05) is 54.1 Å². The fourth-order valence-electron chi connectivity index (χ4n) is 3.22. The van der Waals surface area contributed by atoms with Crippen LogP contribution in [0.1, 0.15) is 35.2 Å². The molecule has 1 heterocycles. The van der Waals surface area contributed by atoms with Gasteiger partial charge in [0.2, 0.25) is 0 Å². The Hall–Kier alpha value is -1.68. The Morgan fingerprint density at radius 3 is 2.29 bits per heavy atom. The monoisotopic (exact) mass is 343 g/mol. The standard InChI is InChI=1S/C20H22ClNO2/c21-18-8-6-17(7-9-18)20(24)11-14-22(15-12-20)13-10-19(23)16-4-2-1-3-5-16/h1-9,24H,10-15H2. The topological polar surface area (TPSA) is 40.5 Å². The minimum atomic E-state index is -0.787.